The first-order valence-corrected chi connectivity index (χ1v) is 9.45. The number of nitrogen functional groups attached to an aromatic ring is 1. The quantitative estimate of drug-likeness (QED) is 0.571. The van der Waals surface area contributed by atoms with Crippen molar-refractivity contribution >= 4 is 23.4 Å². The summed E-state index contributed by atoms with van der Waals surface area (Å²) in [5.74, 6) is -1.48. The number of aromatic nitrogens is 2. The summed E-state index contributed by atoms with van der Waals surface area (Å²) in [6.07, 6.45) is 0.593. The van der Waals surface area contributed by atoms with E-state index in [1.54, 1.807) is 18.2 Å². The van der Waals surface area contributed by atoms with Gasteiger partial charge in [0, 0.05) is 20.2 Å². The first-order chi connectivity index (χ1) is 14.3. The van der Waals surface area contributed by atoms with E-state index in [2.05, 4.69) is 4.98 Å². The topological polar surface area (TPSA) is 137 Å². The summed E-state index contributed by atoms with van der Waals surface area (Å²) in [5.41, 5.74) is 5.57. The minimum absolute atomic E-state index is 0.0189. The maximum atomic E-state index is 12.8. The Kier molecular flexibility index (Phi) is 7.93. The molecule has 1 amide bonds. The van der Waals surface area contributed by atoms with Gasteiger partial charge in [-0.25, -0.2) is 9.59 Å². The Balaban J connectivity index is 2.30. The van der Waals surface area contributed by atoms with Crippen LogP contribution in [-0.2, 0) is 20.8 Å². The molecule has 0 bridgehead atoms. The fourth-order valence-corrected chi connectivity index (χ4v) is 2.89. The van der Waals surface area contributed by atoms with E-state index in [0.29, 0.717) is 12.0 Å². The third-order valence-electron chi connectivity index (χ3n) is 4.33. The van der Waals surface area contributed by atoms with Crippen molar-refractivity contribution in [1.29, 1.82) is 0 Å². The van der Waals surface area contributed by atoms with Gasteiger partial charge in [0.15, 0.2) is 12.3 Å². The van der Waals surface area contributed by atoms with Gasteiger partial charge in [-0.3, -0.25) is 24.0 Å². The number of methoxy groups -OCH3 is 1. The van der Waals surface area contributed by atoms with Crippen molar-refractivity contribution in [2.24, 2.45) is 0 Å². The number of amides is 1. The summed E-state index contributed by atoms with van der Waals surface area (Å²) in [4.78, 5) is 52.7. The van der Waals surface area contributed by atoms with E-state index in [1.807, 2.05) is 19.9 Å². The Morgan fingerprint density at radius 3 is 2.63 bits per heavy atom. The van der Waals surface area contributed by atoms with Gasteiger partial charge in [0.1, 0.15) is 5.82 Å². The van der Waals surface area contributed by atoms with Crippen molar-refractivity contribution in [2.75, 3.05) is 37.5 Å². The molecule has 162 valence electrons. The number of hydrogen-bond donors (Lipinski definition) is 2. The molecule has 1 aromatic heterocycles. The molecule has 1 heterocycles. The summed E-state index contributed by atoms with van der Waals surface area (Å²) < 4.78 is 11.3. The van der Waals surface area contributed by atoms with E-state index in [9.17, 15) is 19.2 Å². The molecular weight excluding hydrogens is 392 g/mol. The highest BCUT2D eigenvalue weighted by atomic mass is 16.5. The molecule has 0 saturated carbocycles. The molecular formula is C20H26N4O6. The van der Waals surface area contributed by atoms with Crippen LogP contribution in [0.5, 0.6) is 0 Å². The van der Waals surface area contributed by atoms with Crippen LogP contribution in [0.15, 0.2) is 33.9 Å². The normalized spacial score (nSPS) is 10.6. The highest BCUT2D eigenvalue weighted by molar-refractivity contribution is 5.98. The third-order valence-corrected chi connectivity index (χ3v) is 4.33. The Morgan fingerprint density at radius 1 is 1.27 bits per heavy atom. The number of carbonyl (C=O) groups is 2. The lowest BCUT2D eigenvalue weighted by molar-refractivity contribution is -0.121. The smallest absolute Gasteiger partial charge is 0.338 e. The van der Waals surface area contributed by atoms with Crippen molar-refractivity contribution in [3.8, 4) is 0 Å². The van der Waals surface area contributed by atoms with Gasteiger partial charge in [-0.2, -0.15) is 0 Å². The number of benzene rings is 1. The lowest BCUT2D eigenvalue weighted by atomic mass is 10.1. The lowest BCUT2D eigenvalue weighted by Gasteiger charge is -2.24. The molecule has 0 spiro atoms. The molecule has 10 nitrogen and oxygen atoms in total. The average Bonchev–Trinajstić information content (AvgIpc) is 2.71. The van der Waals surface area contributed by atoms with Crippen molar-refractivity contribution in [3.63, 3.8) is 0 Å². The summed E-state index contributed by atoms with van der Waals surface area (Å²) in [6.45, 7) is 3.41. The number of carbonyl (C=O) groups excluding carboxylic acids is 2. The second kappa shape index (κ2) is 10.4. The number of hydrogen-bond acceptors (Lipinski definition) is 7. The van der Waals surface area contributed by atoms with Crippen LogP contribution in [0.2, 0.25) is 0 Å². The molecule has 0 aliphatic carbocycles. The van der Waals surface area contributed by atoms with E-state index >= 15 is 0 Å². The number of aromatic amines is 1. The Labute approximate surface area is 173 Å². The molecule has 0 fully saturated rings. The Bertz CT molecular complexity index is 1030. The number of esters is 1. The molecule has 2 aromatic rings. The monoisotopic (exact) mass is 418 g/mol. The highest BCUT2D eigenvalue weighted by Gasteiger charge is 2.25. The molecule has 1 aromatic carbocycles. The minimum Gasteiger partial charge on any atom is -0.452 e. The number of nitrogens with two attached hydrogens (primary N) is 1. The SMILES string of the molecule is CCCn1c(N)c(N(CCOC)C(=O)COC(=O)c2cccc(C)c2)c(=O)[nH]c1=O. The minimum atomic E-state index is -0.806. The number of aryl methyl sites for hydroxylation is 1. The van der Waals surface area contributed by atoms with Gasteiger partial charge < -0.3 is 15.2 Å². The molecule has 2 rings (SSSR count). The molecule has 3 N–H and O–H groups in total. The van der Waals surface area contributed by atoms with Crippen LogP contribution in [0.25, 0.3) is 0 Å². The van der Waals surface area contributed by atoms with Gasteiger partial charge in [-0.1, -0.05) is 24.6 Å². The molecule has 0 aliphatic heterocycles. The van der Waals surface area contributed by atoms with Gasteiger partial charge in [0.05, 0.1) is 12.2 Å². The van der Waals surface area contributed by atoms with E-state index in [4.69, 9.17) is 15.2 Å². The number of anilines is 2. The van der Waals surface area contributed by atoms with Gasteiger partial charge in [0.2, 0.25) is 0 Å². The summed E-state index contributed by atoms with van der Waals surface area (Å²) in [6, 6.07) is 6.75. The fourth-order valence-electron chi connectivity index (χ4n) is 2.89. The summed E-state index contributed by atoms with van der Waals surface area (Å²) >= 11 is 0. The summed E-state index contributed by atoms with van der Waals surface area (Å²) in [5, 5.41) is 0. The van der Waals surface area contributed by atoms with Crippen molar-refractivity contribution in [3.05, 3.63) is 56.2 Å². The van der Waals surface area contributed by atoms with Crippen LogP contribution in [0, 0.1) is 6.92 Å². The second-order valence-corrected chi connectivity index (χ2v) is 6.63. The highest BCUT2D eigenvalue weighted by Crippen LogP contribution is 2.17. The first-order valence-electron chi connectivity index (χ1n) is 9.45. The third kappa shape index (κ3) is 5.35. The van der Waals surface area contributed by atoms with Gasteiger partial charge in [-0.15, -0.1) is 0 Å². The van der Waals surface area contributed by atoms with Crippen LogP contribution >= 0.6 is 0 Å². The molecule has 0 aliphatic rings. The number of H-pyrrole nitrogens is 1. The number of rotatable bonds is 9. The zero-order valence-electron chi connectivity index (χ0n) is 17.3. The van der Waals surface area contributed by atoms with Gasteiger partial charge in [0.25, 0.3) is 11.5 Å². The number of ether oxygens (including phenoxy) is 2. The van der Waals surface area contributed by atoms with Crippen LogP contribution in [0.4, 0.5) is 11.5 Å². The van der Waals surface area contributed by atoms with Crippen LogP contribution < -0.4 is 21.9 Å². The van der Waals surface area contributed by atoms with E-state index in [1.165, 1.54) is 11.7 Å². The Morgan fingerprint density at radius 2 is 2.00 bits per heavy atom. The Hall–Kier alpha value is -3.40. The largest absolute Gasteiger partial charge is 0.452 e. The van der Waals surface area contributed by atoms with Gasteiger partial charge in [-0.05, 0) is 25.5 Å². The van der Waals surface area contributed by atoms with Crippen molar-refractivity contribution in [1.82, 2.24) is 9.55 Å². The van der Waals surface area contributed by atoms with Gasteiger partial charge >= 0.3 is 11.7 Å². The van der Waals surface area contributed by atoms with E-state index in [-0.39, 0.29) is 31.2 Å². The van der Waals surface area contributed by atoms with E-state index < -0.39 is 29.7 Å². The predicted octanol–water partition coefficient (Wildman–Crippen LogP) is 0.674. The number of nitrogens with one attached hydrogen (secondary N) is 1. The standard InChI is InChI=1S/C20H26N4O6/c1-4-8-24-17(21)16(18(26)22-20(24)28)23(9-10-29-3)15(25)12-30-19(27)14-7-5-6-13(2)11-14/h5-7,11H,4,8-10,12,21H2,1-3H3,(H,22,26,28). The maximum Gasteiger partial charge on any atom is 0.338 e. The molecule has 10 heteroatoms. The molecule has 0 unspecified atom stereocenters. The molecule has 0 saturated heterocycles. The van der Waals surface area contributed by atoms with Crippen molar-refractivity contribution < 1.29 is 19.1 Å². The lowest BCUT2D eigenvalue weighted by Crippen LogP contribution is -2.44. The zero-order chi connectivity index (χ0) is 22.3. The zero-order valence-corrected chi connectivity index (χ0v) is 17.3. The van der Waals surface area contributed by atoms with E-state index in [0.717, 1.165) is 10.5 Å². The van der Waals surface area contributed by atoms with Crippen LogP contribution in [0.1, 0.15) is 29.3 Å². The van der Waals surface area contributed by atoms with Crippen LogP contribution in [-0.4, -0.2) is 48.3 Å². The molecule has 0 radical (unpaired) electrons. The number of nitrogens with zero attached hydrogens (tertiary/aromatic N) is 2. The molecule has 0 atom stereocenters. The second-order valence-electron chi connectivity index (χ2n) is 6.63. The first kappa shape index (κ1) is 22.9. The van der Waals surface area contributed by atoms with Crippen molar-refractivity contribution in [2.45, 2.75) is 26.8 Å². The fraction of sp³-hybridized carbons (Fsp3) is 0.400. The van der Waals surface area contributed by atoms with Crippen LogP contribution in [0.3, 0.4) is 0 Å². The predicted molar refractivity (Wildman–Crippen MR) is 112 cm³/mol. The molecule has 30 heavy (non-hydrogen) atoms. The maximum absolute atomic E-state index is 12.8. The summed E-state index contributed by atoms with van der Waals surface area (Å²) in [7, 11) is 1.44. The average molecular weight is 418 g/mol.